The van der Waals surface area contributed by atoms with Crippen molar-refractivity contribution in [3.63, 3.8) is 0 Å². The third kappa shape index (κ3) is 3.61. The lowest BCUT2D eigenvalue weighted by Crippen LogP contribution is -2.39. The molecule has 22 heavy (non-hydrogen) atoms. The van der Waals surface area contributed by atoms with E-state index in [4.69, 9.17) is 0 Å². The van der Waals surface area contributed by atoms with Gasteiger partial charge in [0.25, 0.3) is 0 Å². The highest BCUT2D eigenvalue weighted by atomic mass is 19.1. The summed E-state index contributed by atoms with van der Waals surface area (Å²) in [5, 5.41) is 9.26. The van der Waals surface area contributed by atoms with E-state index in [-0.39, 0.29) is 24.7 Å². The molecule has 1 saturated heterocycles. The summed E-state index contributed by atoms with van der Waals surface area (Å²) in [7, 11) is 0. The van der Waals surface area contributed by atoms with Crippen LogP contribution < -0.4 is 0 Å². The minimum Gasteiger partial charge on any atom is -0.465 e. The molecule has 1 aromatic rings. The molecule has 0 spiro atoms. The smallest absolute Gasteiger partial charge is 0.407 e. The molecule has 0 radical (unpaired) electrons. The van der Waals surface area contributed by atoms with E-state index in [2.05, 4.69) is 0 Å². The standard InChI is InChI=1S/C16H19F2NO3/c1-2-3-4-15(20)14-7-11(9-19(14)16(21)22)10-5-12(17)8-13(18)6-10/h5-6,8,11,14H,2-4,7,9H2,1H3,(H,21,22)/t11-,14?/m1/s1. The molecule has 1 fully saturated rings. The molecule has 1 unspecified atom stereocenters. The van der Waals surface area contributed by atoms with E-state index in [1.807, 2.05) is 6.92 Å². The molecule has 0 aliphatic carbocycles. The number of benzene rings is 1. The van der Waals surface area contributed by atoms with E-state index in [9.17, 15) is 23.5 Å². The largest absolute Gasteiger partial charge is 0.465 e. The maximum atomic E-state index is 13.3. The number of Topliss-reactive ketones (excluding diaryl/α,β-unsaturated/α-hetero) is 1. The summed E-state index contributed by atoms with van der Waals surface area (Å²) in [4.78, 5) is 24.6. The van der Waals surface area contributed by atoms with Gasteiger partial charge >= 0.3 is 6.09 Å². The van der Waals surface area contributed by atoms with Crippen molar-refractivity contribution in [2.75, 3.05) is 6.54 Å². The monoisotopic (exact) mass is 311 g/mol. The second-order valence-corrected chi connectivity index (χ2v) is 5.66. The normalized spacial score (nSPS) is 21.1. The SMILES string of the molecule is CCCCC(=O)C1C[C@@H](c2cc(F)cc(F)c2)CN1C(=O)O. The third-order valence-corrected chi connectivity index (χ3v) is 4.05. The Labute approximate surface area is 127 Å². The topological polar surface area (TPSA) is 57.6 Å². The van der Waals surface area contributed by atoms with Gasteiger partial charge in [0, 0.05) is 24.9 Å². The lowest BCUT2D eigenvalue weighted by Gasteiger charge is -2.19. The third-order valence-electron chi connectivity index (χ3n) is 4.05. The number of nitrogens with zero attached hydrogens (tertiary/aromatic N) is 1. The van der Waals surface area contributed by atoms with Crippen LogP contribution in [0, 0.1) is 11.6 Å². The van der Waals surface area contributed by atoms with Gasteiger partial charge in [-0.15, -0.1) is 0 Å². The second-order valence-electron chi connectivity index (χ2n) is 5.66. The van der Waals surface area contributed by atoms with Crippen LogP contribution in [0.25, 0.3) is 0 Å². The fraction of sp³-hybridized carbons (Fsp3) is 0.500. The van der Waals surface area contributed by atoms with Crippen LogP contribution in [0.3, 0.4) is 0 Å². The maximum absolute atomic E-state index is 13.3. The van der Waals surface area contributed by atoms with Crippen LogP contribution in [0.15, 0.2) is 18.2 Å². The van der Waals surface area contributed by atoms with Crippen LogP contribution >= 0.6 is 0 Å². The fourth-order valence-electron chi connectivity index (χ4n) is 2.92. The van der Waals surface area contributed by atoms with Gasteiger partial charge in [0.1, 0.15) is 11.6 Å². The molecule has 0 bridgehead atoms. The van der Waals surface area contributed by atoms with Crippen molar-refractivity contribution in [1.29, 1.82) is 0 Å². The maximum Gasteiger partial charge on any atom is 0.407 e. The fourth-order valence-corrected chi connectivity index (χ4v) is 2.92. The molecular formula is C16H19F2NO3. The first-order valence-corrected chi connectivity index (χ1v) is 7.40. The zero-order valence-corrected chi connectivity index (χ0v) is 12.4. The van der Waals surface area contributed by atoms with Crippen molar-refractivity contribution < 1.29 is 23.5 Å². The highest BCUT2D eigenvalue weighted by Crippen LogP contribution is 2.33. The summed E-state index contributed by atoms with van der Waals surface area (Å²) in [6, 6.07) is 2.46. The van der Waals surface area contributed by atoms with E-state index in [0.29, 0.717) is 18.4 Å². The van der Waals surface area contributed by atoms with Gasteiger partial charge in [-0.1, -0.05) is 13.3 Å². The number of amides is 1. The van der Waals surface area contributed by atoms with Gasteiger partial charge in [0.05, 0.1) is 6.04 Å². The lowest BCUT2D eigenvalue weighted by molar-refractivity contribution is -0.123. The zero-order valence-electron chi connectivity index (χ0n) is 12.4. The Hall–Kier alpha value is -1.98. The average Bonchev–Trinajstić information content (AvgIpc) is 2.89. The Bertz CT molecular complexity index is 556. The van der Waals surface area contributed by atoms with E-state index in [1.54, 1.807) is 0 Å². The minimum atomic E-state index is -1.17. The Balaban J connectivity index is 2.19. The van der Waals surface area contributed by atoms with Crippen LogP contribution in [0.2, 0.25) is 0 Å². The molecule has 1 heterocycles. The number of likely N-dealkylation sites (tertiary alicyclic amines) is 1. The highest BCUT2D eigenvalue weighted by molar-refractivity contribution is 5.87. The van der Waals surface area contributed by atoms with E-state index in [1.165, 1.54) is 12.1 Å². The summed E-state index contributed by atoms with van der Waals surface area (Å²) in [6.07, 6.45) is 0.994. The zero-order chi connectivity index (χ0) is 16.3. The van der Waals surface area contributed by atoms with Crippen LogP contribution in [0.4, 0.5) is 13.6 Å². The molecule has 4 nitrogen and oxygen atoms in total. The number of halogens is 2. The van der Waals surface area contributed by atoms with Crippen molar-refractivity contribution in [2.24, 2.45) is 0 Å². The van der Waals surface area contributed by atoms with Crippen molar-refractivity contribution >= 4 is 11.9 Å². The predicted molar refractivity (Wildman–Crippen MR) is 76.8 cm³/mol. The van der Waals surface area contributed by atoms with Gasteiger partial charge in [-0.05, 0) is 30.5 Å². The molecule has 1 aliphatic heterocycles. The molecule has 2 atom stereocenters. The van der Waals surface area contributed by atoms with Crippen LogP contribution in [-0.2, 0) is 4.79 Å². The second kappa shape index (κ2) is 6.85. The molecule has 1 N–H and O–H groups in total. The number of rotatable bonds is 5. The molecule has 1 aromatic carbocycles. The van der Waals surface area contributed by atoms with Crippen molar-refractivity contribution in [1.82, 2.24) is 4.90 Å². The van der Waals surface area contributed by atoms with Gasteiger partial charge in [0.15, 0.2) is 5.78 Å². The Morgan fingerprint density at radius 3 is 2.45 bits per heavy atom. The van der Waals surface area contributed by atoms with Gasteiger partial charge in [-0.3, -0.25) is 9.69 Å². The number of carboxylic acid groups (broad SMARTS) is 1. The Kier molecular flexibility index (Phi) is 5.11. The highest BCUT2D eigenvalue weighted by Gasteiger charge is 2.39. The van der Waals surface area contributed by atoms with Crippen molar-refractivity contribution in [3.8, 4) is 0 Å². The van der Waals surface area contributed by atoms with Crippen molar-refractivity contribution in [3.05, 3.63) is 35.4 Å². The van der Waals surface area contributed by atoms with Crippen molar-refractivity contribution in [2.45, 2.75) is 44.6 Å². The average molecular weight is 311 g/mol. The van der Waals surface area contributed by atoms with Crippen LogP contribution in [0.1, 0.15) is 44.1 Å². The number of carbonyl (C=O) groups excluding carboxylic acids is 1. The molecule has 1 amide bonds. The molecule has 2 rings (SSSR count). The first kappa shape index (κ1) is 16.4. The Morgan fingerprint density at radius 2 is 1.91 bits per heavy atom. The number of hydrogen-bond acceptors (Lipinski definition) is 2. The molecule has 120 valence electrons. The lowest BCUT2D eigenvalue weighted by atomic mass is 9.94. The first-order valence-electron chi connectivity index (χ1n) is 7.40. The number of unbranched alkanes of at least 4 members (excludes halogenated alkanes) is 1. The van der Waals surface area contributed by atoms with E-state index < -0.39 is 23.8 Å². The molecule has 0 saturated carbocycles. The van der Waals surface area contributed by atoms with Gasteiger partial charge in [-0.2, -0.15) is 0 Å². The molecule has 6 heteroatoms. The van der Waals surface area contributed by atoms with Gasteiger partial charge in [0.2, 0.25) is 0 Å². The summed E-state index contributed by atoms with van der Waals surface area (Å²) >= 11 is 0. The van der Waals surface area contributed by atoms with E-state index >= 15 is 0 Å². The number of carbonyl (C=O) groups is 2. The Morgan fingerprint density at radius 1 is 1.27 bits per heavy atom. The first-order chi connectivity index (χ1) is 10.4. The minimum absolute atomic E-state index is 0.0841. The van der Waals surface area contributed by atoms with Crippen LogP contribution in [0.5, 0.6) is 0 Å². The molecular weight excluding hydrogens is 292 g/mol. The van der Waals surface area contributed by atoms with Gasteiger partial charge < -0.3 is 5.11 Å². The number of ketones is 1. The molecule has 1 aliphatic rings. The summed E-state index contributed by atoms with van der Waals surface area (Å²) < 4.78 is 26.6. The summed E-state index contributed by atoms with van der Waals surface area (Å²) in [5.41, 5.74) is 0.398. The van der Waals surface area contributed by atoms with Crippen LogP contribution in [-0.4, -0.2) is 34.5 Å². The predicted octanol–water partition coefficient (Wildman–Crippen LogP) is 3.56. The molecule has 0 aromatic heterocycles. The summed E-state index contributed by atoms with van der Waals surface area (Å²) in [5.74, 6) is -1.88. The van der Waals surface area contributed by atoms with E-state index in [0.717, 1.165) is 17.4 Å². The van der Waals surface area contributed by atoms with Gasteiger partial charge in [-0.25, -0.2) is 13.6 Å². The quantitative estimate of drug-likeness (QED) is 0.904. The number of hydrogen-bond donors (Lipinski definition) is 1. The summed E-state index contributed by atoms with van der Waals surface area (Å²) in [6.45, 7) is 2.04.